The van der Waals surface area contributed by atoms with Gasteiger partial charge in [0.2, 0.25) is 0 Å². The summed E-state index contributed by atoms with van der Waals surface area (Å²) >= 11 is 1.10. The second-order valence-corrected chi connectivity index (χ2v) is 7.42. The number of nitro benzene ring substituents is 2. The maximum Gasteiger partial charge on any atom is 0.331 e. The first-order valence-electron chi connectivity index (χ1n) is 9.38. The van der Waals surface area contributed by atoms with Gasteiger partial charge < -0.3 is 4.74 Å². The van der Waals surface area contributed by atoms with E-state index in [2.05, 4.69) is 10.3 Å². The highest BCUT2D eigenvalue weighted by molar-refractivity contribution is 7.14. The molecule has 168 valence electrons. The van der Waals surface area contributed by atoms with E-state index in [0.717, 1.165) is 17.4 Å². The standard InChI is InChI=1S/C21H16N4O7S/c1-13(32-19(26)10-9-14-5-2-3-8-18(14)25(30)31)20(27)23-21-22-17(12-33-21)15-6-4-7-16(11-15)24(28)29/h2-13H,1H3,(H,22,23,27)/b10-9+. The molecule has 0 aliphatic rings. The number of hydrogen-bond acceptors (Lipinski definition) is 9. The Kier molecular flexibility index (Phi) is 7.20. The number of thiazole rings is 1. The first-order chi connectivity index (χ1) is 15.7. The van der Waals surface area contributed by atoms with Crippen molar-refractivity contribution in [1.29, 1.82) is 0 Å². The molecule has 1 N–H and O–H groups in total. The third kappa shape index (κ3) is 6.04. The molecule has 1 aromatic heterocycles. The fourth-order valence-electron chi connectivity index (χ4n) is 2.67. The molecule has 0 radical (unpaired) electrons. The summed E-state index contributed by atoms with van der Waals surface area (Å²) < 4.78 is 5.03. The molecule has 0 bridgehead atoms. The minimum atomic E-state index is -1.17. The summed E-state index contributed by atoms with van der Waals surface area (Å²) in [6, 6.07) is 11.8. The summed E-state index contributed by atoms with van der Waals surface area (Å²) in [4.78, 5) is 49.4. The molecular formula is C21H16N4O7S. The summed E-state index contributed by atoms with van der Waals surface area (Å²) in [6.45, 7) is 1.36. The van der Waals surface area contributed by atoms with Crippen molar-refractivity contribution in [2.24, 2.45) is 0 Å². The quantitative estimate of drug-likeness (QED) is 0.223. The first kappa shape index (κ1) is 23.2. The number of nitrogens with one attached hydrogen (secondary N) is 1. The van der Waals surface area contributed by atoms with E-state index >= 15 is 0 Å². The van der Waals surface area contributed by atoms with Crippen molar-refractivity contribution >= 4 is 45.8 Å². The number of carbonyl (C=O) groups is 2. The number of amides is 1. The van der Waals surface area contributed by atoms with Crippen LogP contribution in [0.15, 0.2) is 60.0 Å². The molecule has 11 nitrogen and oxygen atoms in total. The van der Waals surface area contributed by atoms with E-state index in [1.807, 2.05) is 0 Å². The Hall–Kier alpha value is -4.45. The highest BCUT2D eigenvalue weighted by atomic mass is 32.1. The Morgan fingerprint density at radius 2 is 1.88 bits per heavy atom. The van der Waals surface area contributed by atoms with Gasteiger partial charge in [-0.2, -0.15) is 0 Å². The van der Waals surface area contributed by atoms with Gasteiger partial charge >= 0.3 is 5.97 Å². The Bertz CT molecular complexity index is 1250. The Morgan fingerprint density at radius 1 is 1.12 bits per heavy atom. The lowest BCUT2D eigenvalue weighted by atomic mass is 10.1. The minimum absolute atomic E-state index is 0.0829. The number of ether oxygens (including phenoxy) is 1. The van der Waals surface area contributed by atoms with E-state index in [9.17, 15) is 29.8 Å². The molecule has 0 aliphatic carbocycles. The van der Waals surface area contributed by atoms with Gasteiger partial charge in [0.25, 0.3) is 17.3 Å². The fourth-order valence-corrected chi connectivity index (χ4v) is 3.39. The second-order valence-electron chi connectivity index (χ2n) is 6.56. The second kappa shape index (κ2) is 10.2. The number of nitrogens with zero attached hydrogens (tertiary/aromatic N) is 3. The van der Waals surface area contributed by atoms with Crippen molar-refractivity contribution in [3.8, 4) is 11.3 Å². The number of aromatic nitrogens is 1. The first-order valence-corrected chi connectivity index (χ1v) is 10.3. The third-order valence-corrected chi connectivity index (χ3v) is 5.04. The number of para-hydroxylation sites is 1. The van der Waals surface area contributed by atoms with Gasteiger partial charge in [-0.05, 0) is 19.1 Å². The predicted molar refractivity (Wildman–Crippen MR) is 121 cm³/mol. The zero-order valence-electron chi connectivity index (χ0n) is 17.0. The van der Waals surface area contributed by atoms with Gasteiger partial charge in [-0.25, -0.2) is 9.78 Å². The molecule has 0 saturated heterocycles. The number of anilines is 1. The van der Waals surface area contributed by atoms with Gasteiger partial charge in [-0.1, -0.05) is 24.3 Å². The topological polar surface area (TPSA) is 155 Å². The zero-order chi connectivity index (χ0) is 24.0. The summed E-state index contributed by atoms with van der Waals surface area (Å²) in [5.74, 6) is -1.49. The van der Waals surface area contributed by atoms with Crippen LogP contribution < -0.4 is 5.32 Å². The van der Waals surface area contributed by atoms with Crippen LogP contribution in [0.3, 0.4) is 0 Å². The number of non-ortho nitro benzene ring substituents is 1. The number of benzene rings is 2. The normalized spacial score (nSPS) is 11.7. The van der Waals surface area contributed by atoms with Gasteiger partial charge in [0, 0.05) is 35.2 Å². The maximum absolute atomic E-state index is 12.3. The van der Waals surface area contributed by atoms with Crippen molar-refractivity contribution in [2.45, 2.75) is 13.0 Å². The summed E-state index contributed by atoms with van der Waals surface area (Å²) in [5, 5.41) is 26.3. The molecule has 12 heteroatoms. The molecule has 0 spiro atoms. The lowest BCUT2D eigenvalue weighted by molar-refractivity contribution is -0.385. The van der Waals surface area contributed by atoms with Crippen LogP contribution in [0.4, 0.5) is 16.5 Å². The smallest absolute Gasteiger partial charge is 0.331 e. The van der Waals surface area contributed by atoms with E-state index < -0.39 is 27.8 Å². The lowest BCUT2D eigenvalue weighted by Crippen LogP contribution is -2.29. The maximum atomic E-state index is 12.3. The molecule has 3 aromatic rings. The van der Waals surface area contributed by atoms with Gasteiger partial charge in [0.05, 0.1) is 21.1 Å². The highest BCUT2D eigenvalue weighted by Gasteiger charge is 2.19. The van der Waals surface area contributed by atoms with E-state index in [-0.39, 0.29) is 22.1 Å². The van der Waals surface area contributed by atoms with E-state index in [1.165, 1.54) is 49.4 Å². The van der Waals surface area contributed by atoms with Crippen LogP contribution in [-0.4, -0.2) is 32.8 Å². The van der Waals surface area contributed by atoms with E-state index in [4.69, 9.17) is 4.74 Å². The van der Waals surface area contributed by atoms with E-state index in [0.29, 0.717) is 11.3 Å². The molecule has 1 unspecified atom stereocenters. The van der Waals surface area contributed by atoms with Crippen LogP contribution >= 0.6 is 11.3 Å². The van der Waals surface area contributed by atoms with Crippen LogP contribution in [0.2, 0.25) is 0 Å². The number of esters is 1. The van der Waals surface area contributed by atoms with Crippen molar-refractivity contribution in [2.75, 3.05) is 5.32 Å². The van der Waals surface area contributed by atoms with Crippen LogP contribution in [-0.2, 0) is 14.3 Å². The van der Waals surface area contributed by atoms with E-state index in [1.54, 1.807) is 17.5 Å². The van der Waals surface area contributed by atoms with Gasteiger partial charge in [-0.3, -0.25) is 30.3 Å². The zero-order valence-corrected chi connectivity index (χ0v) is 17.9. The third-order valence-electron chi connectivity index (χ3n) is 4.28. The molecule has 0 aliphatic heterocycles. The largest absolute Gasteiger partial charge is 0.449 e. The molecule has 1 atom stereocenters. The molecule has 2 aromatic carbocycles. The van der Waals surface area contributed by atoms with Gasteiger partial charge in [0.1, 0.15) is 0 Å². The average molecular weight is 468 g/mol. The number of hydrogen-bond donors (Lipinski definition) is 1. The Morgan fingerprint density at radius 3 is 2.61 bits per heavy atom. The van der Waals surface area contributed by atoms with Crippen molar-refractivity contribution in [3.05, 3.63) is 85.8 Å². The van der Waals surface area contributed by atoms with Crippen LogP contribution in [0, 0.1) is 20.2 Å². The summed E-state index contributed by atoms with van der Waals surface area (Å²) in [5.41, 5.74) is 0.917. The summed E-state index contributed by atoms with van der Waals surface area (Å²) in [6.07, 6.45) is 1.06. The molecule has 1 heterocycles. The number of nitro groups is 2. The average Bonchev–Trinajstić information content (AvgIpc) is 3.26. The van der Waals surface area contributed by atoms with Crippen LogP contribution in [0.5, 0.6) is 0 Å². The van der Waals surface area contributed by atoms with Crippen molar-refractivity contribution in [1.82, 2.24) is 4.98 Å². The molecule has 0 fully saturated rings. The monoisotopic (exact) mass is 468 g/mol. The summed E-state index contributed by atoms with van der Waals surface area (Å²) in [7, 11) is 0. The molecular weight excluding hydrogens is 452 g/mol. The van der Waals surface area contributed by atoms with Gasteiger partial charge in [-0.15, -0.1) is 11.3 Å². The van der Waals surface area contributed by atoms with Crippen molar-refractivity contribution in [3.63, 3.8) is 0 Å². The molecule has 1 amide bonds. The SMILES string of the molecule is CC(OC(=O)/C=C/c1ccccc1[N+](=O)[O-])C(=O)Nc1nc(-c2cccc([N+](=O)[O-])c2)cs1. The molecule has 0 saturated carbocycles. The molecule has 33 heavy (non-hydrogen) atoms. The Labute approximate surface area is 190 Å². The van der Waals surface area contributed by atoms with Gasteiger partial charge in [0.15, 0.2) is 11.2 Å². The van der Waals surface area contributed by atoms with Crippen LogP contribution in [0.1, 0.15) is 12.5 Å². The Balaban J connectivity index is 1.60. The van der Waals surface area contributed by atoms with Crippen LogP contribution in [0.25, 0.3) is 17.3 Å². The fraction of sp³-hybridized carbons (Fsp3) is 0.0952. The lowest BCUT2D eigenvalue weighted by Gasteiger charge is -2.10. The highest BCUT2D eigenvalue weighted by Crippen LogP contribution is 2.27. The van der Waals surface area contributed by atoms with Crippen molar-refractivity contribution < 1.29 is 24.2 Å². The predicted octanol–water partition coefficient (Wildman–Crippen LogP) is 4.21. The minimum Gasteiger partial charge on any atom is -0.449 e. The number of rotatable bonds is 8. The number of carbonyl (C=O) groups excluding carboxylic acids is 2. The molecule has 3 rings (SSSR count).